The van der Waals surface area contributed by atoms with Gasteiger partial charge in [-0.3, -0.25) is 9.59 Å². The van der Waals surface area contributed by atoms with Crippen molar-refractivity contribution < 1.29 is 30.0 Å². The van der Waals surface area contributed by atoms with Crippen molar-refractivity contribution >= 4 is 11.8 Å². The second kappa shape index (κ2) is 18.2. The molecule has 190 valence electrons. The van der Waals surface area contributed by atoms with E-state index in [0.717, 1.165) is 25.7 Å². The average molecular weight is 461 g/mol. The second-order valence-electron chi connectivity index (χ2n) is 9.12. The second-order valence-corrected chi connectivity index (χ2v) is 9.12. The molecule has 0 radical (unpaired) electrons. The van der Waals surface area contributed by atoms with Gasteiger partial charge < -0.3 is 31.9 Å². The number of aliphatic hydroxyl groups is 4. The molecule has 8 heteroatoms. The van der Waals surface area contributed by atoms with E-state index in [2.05, 4.69) is 6.92 Å². The first-order valence-electron chi connectivity index (χ1n) is 12.5. The summed E-state index contributed by atoms with van der Waals surface area (Å²) < 4.78 is 0. The third-order valence-electron chi connectivity index (χ3n) is 6.27. The van der Waals surface area contributed by atoms with Crippen LogP contribution in [-0.2, 0) is 9.59 Å². The van der Waals surface area contributed by atoms with Crippen molar-refractivity contribution in [2.24, 2.45) is 11.5 Å². The maximum absolute atomic E-state index is 11.7. The quantitative estimate of drug-likeness (QED) is 0.136. The van der Waals surface area contributed by atoms with Gasteiger partial charge in [0.1, 0.15) is 12.2 Å². The monoisotopic (exact) mass is 460 g/mol. The molecule has 8 nitrogen and oxygen atoms in total. The van der Waals surface area contributed by atoms with Gasteiger partial charge in [-0.05, 0) is 12.8 Å². The summed E-state index contributed by atoms with van der Waals surface area (Å²) in [6, 6.07) is 0. The highest BCUT2D eigenvalue weighted by Crippen LogP contribution is 2.24. The third-order valence-corrected chi connectivity index (χ3v) is 6.27. The van der Waals surface area contributed by atoms with Crippen molar-refractivity contribution in [1.29, 1.82) is 0 Å². The molecule has 32 heavy (non-hydrogen) atoms. The van der Waals surface area contributed by atoms with E-state index < -0.39 is 35.7 Å². The summed E-state index contributed by atoms with van der Waals surface area (Å²) in [5.74, 6) is -2.49. The first-order valence-corrected chi connectivity index (χ1v) is 12.5. The smallest absolute Gasteiger partial charge is 0.252 e. The summed E-state index contributed by atoms with van der Waals surface area (Å²) in [5, 5.41) is 39.8. The fraction of sp³-hybridized carbons (Fsp3) is 0.917. The number of rotatable bonds is 22. The molecule has 0 heterocycles. The Labute approximate surface area is 193 Å². The normalized spacial score (nSPS) is 16.3. The zero-order valence-corrected chi connectivity index (χ0v) is 20.0. The zero-order valence-electron chi connectivity index (χ0n) is 20.0. The maximum atomic E-state index is 11.7. The van der Waals surface area contributed by atoms with Gasteiger partial charge in [-0.15, -0.1) is 0 Å². The molecule has 0 fully saturated rings. The molecule has 0 aromatic rings. The van der Waals surface area contributed by atoms with Crippen molar-refractivity contribution in [2.45, 2.75) is 140 Å². The first kappa shape index (κ1) is 30.8. The average Bonchev–Trinajstić information content (AvgIpc) is 2.76. The molecule has 4 unspecified atom stereocenters. The maximum Gasteiger partial charge on any atom is 0.252 e. The number of amides is 2. The Balaban J connectivity index is 3.86. The van der Waals surface area contributed by atoms with Crippen LogP contribution in [0.2, 0.25) is 0 Å². The molecule has 0 aliphatic carbocycles. The zero-order chi connectivity index (χ0) is 24.4. The first-order chi connectivity index (χ1) is 15.2. The van der Waals surface area contributed by atoms with Gasteiger partial charge in [0.25, 0.3) is 5.91 Å². The lowest BCUT2D eigenvalue weighted by molar-refractivity contribution is -0.176. The number of hydrogen-bond donors (Lipinski definition) is 6. The van der Waals surface area contributed by atoms with Crippen LogP contribution in [-0.4, -0.2) is 56.2 Å². The van der Waals surface area contributed by atoms with E-state index in [4.69, 9.17) is 11.5 Å². The molecule has 0 saturated heterocycles. The Morgan fingerprint density at radius 2 is 1.03 bits per heavy atom. The fourth-order valence-corrected chi connectivity index (χ4v) is 3.98. The minimum atomic E-state index is -2.44. The Kier molecular flexibility index (Phi) is 17.5. The molecule has 8 N–H and O–H groups in total. The molecular formula is C24H48N2O6. The Hall–Kier alpha value is -1.22. The summed E-state index contributed by atoms with van der Waals surface area (Å²) in [6.07, 6.45) is 12.3. The molecule has 0 aromatic heterocycles. The van der Waals surface area contributed by atoms with Crippen molar-refractivity contribution in [1.82, 2.24) is 0 Å². The number of aliphatic hydroxyl groups excluding tert-OH is 3. The van der Waals surface area contributed by atoms with Crippen LogP contribution in [0.3, 0.4) is 0 Å². The van der Waals surface area contributed by atoms with E-state index in [-0.39, 0.29) is 6.42 Å². The molecule has 4 atom stereocenters. The van der Waals surface area contributed by atoms with E-state index in [1.807, 2.05) is 0 Å². The Morgan fingerprint density at radius 1 is 0.688 bits per heavy atom. The molecule has 0 aliphatic rings. The van der Waals surface area contributed by atoms with Crippen molar-refractivity contribution in [2.75, 3.05) is 0 Å². The molecule has 0 rings (SSSR count). The predicted molar refractivity (Wildman–Crippen MR) is 126 cm³/mol. The lowest BCUT2D eigenvalue weighted by atomic mass is 9.84. The van der Waals surface area contributed by atoms with E-state index in [1.165, 1.54) is 70.6 Å². The number of carbonyl (C=O) groups is 2. The minimum absolute atomic E-state index is 0.176. The van der Waals surface area contributed by atoms with Crippen LogP contribution < -0.4 is 11.5 Å². The Morgan fingerprint density at radius 3 is 1.34 bits per heavy atom. The minimum Gasteiger partial charge on any atom is -0.387 e. The molecular weight excluding hydrogens is 412 g/mol. The van der Waals surface area contributed by atoms with Crippen molar-refractivity contribution in [3.63, 3.8) is 0 Å². The SMILES string of the molecule is CCCCCCCCCCCCCCCCCCC(O)(C(N)=O)C(O)C(O)C(O)C(N)=O. The molecule has 0 bridgehead atoms. The van der Waals surface area contributed by atoms with Gasteiger partial charge >= 0.3 is 0 Å². The number of nitrogens with two attached hydrogens (primary N) is 2. The van der Waals surface area contributed by atoms with Crippen LogP contribution in [0.5, 0.6) is 0 Å². The largest absolute Gasteiger partial charge is 0.387 e. The third kappa shape index (κ3) is 12.7. The van der Waals surface area contributed by atoms with Gasteiger partial charge in [-0.25, -0.2) is 0 Å². The fourth-order valence-electron chi connectivity index (χ4n) is 3.98. The van der Waals surface area contributed by atoms with Crippen molar-refractivity contribution in [3.8, 4) is 0 Å². The topological polar surface area (TPSA) is 167 Å². The summed E-state index contributed by atoms with van der Waals surface area (Å²) >= 11 is 0. The van der Waals surface area contributed by atoms with Crippen LogP contribution in [0.25, 0.3) is 0 Å². The standard InChI is InChI=1S/C24H48N2O6/c1-2-3-4-5-6-7-8-9-10-11-12-13-14-15-16-17-18-24(32,23(26)31)21(29)19(27)20(28)22(25)30/h19-21,27-29,32H,2-18H2,1H3,(H2,25,30)(H2,26,31). The summed E-state index contributed by atoms with van der Waals surface area (Å²) in [7, 11) is 0. The van der Waals surface area contributed by atoms with Crippen LogP contribution >= 0.6 is 0 Å². The summed E-state index contributed by atoms with van der Waals surface area (Å²) in [5.41, 5.74) is 7.63. The van der Waals surface area contributed by atoms with E-state index in [9.17, 15) is 30.0 Å². The number of unbranched alkanes of at least 4 members (excludes halogenated alkanes) is 15. The van der Waals surface area contributed by atoms with Crippen LogP contribution in [0, 0.1) is 0 Å². The summed E-state index contributed by atoms with van der Waals surface area (Å²) in [4.78, 5) is 22.6. The van der Waals surface area contributed by atoms with Gasteiger partial charge in [0.2, 0.25) is 5.91 Å². The van der Waals surface area contributed by atoms with Gasteiger partial charge in [0.15, 0.2) is 11.7 Å². The highest BCUT2D eigenvalue weighted by molar-refractivity contribution is 5.84. The van der Waals surface area contributed by atoms with E-state index in [0.29, 0.717) is 6.42 Å². The predicted octanol–water partition coefficient (Wildman–Crippen LogP) is 2.42. The van der Waals surface area contributed by atoms with Gasteiger partial charge in [-0.2, -0.15) is 0 Å². The number of hydrogen-bond acceptors (Lipinski definition) is 6. The van der Waals surface area contributed by atoms with Gasteiger partial charge in [-0.1, -0.05) is 103 Å². The summed E-state index contributed by atoms with van der Waals surface area (Å²) in [6.45, 7) is 2.24. The molecule has 2 amide bonds. The lowest BCUT2D eigenvalue weighted by Gasteiger charge is -2.33. The van der Waals surface area contributed by atoms with Crippen LogP contribution in [0.4, 0.5) is 0 Å². The van der Waals surface area contributed by atoms with Crippen LogP contribution in [0.1, 0.15) is 116 Å². The van der Waals surface area contributed by atoms with Crippen LogP contribution in [0.15, 0.2) is 0 Å². The highest BCUT2D eigenvalue weighted by Gasteiger charge is 2.47. The Bertz CT molecular complexity index is 505. The van der Waals surface area contributed by atoms with E-state index in [1.54, 1.807) is 0 Å². The van der Waals surface area contributed by atoms with Gasteiger partial charge in [0, 0.05) is 0 Å². The lowest BCUT2D eigenvalue weighted by Crippen LogP contribution is -2.61. The highest BCUT2D eigenvalue weighted by atomic mass is 16.4. The van der Waals surface area contributed by atoms with E-state index >= 15 is 0 Å². The number of carbonyl (C=O) groups excluding carboxylic acids is 2. The molecule has 0 saturated carbocycles. The number of primary amides is 2. The van der Waals surface area contributed by atoms with Gasteiger partial charge in [0.05, 0.1) is 0 Å². The molecule has 0 aromatic carbocycles. The molecule has 0 spiro atoms. The van der Waals surface area contributed by atoms with Crippen molar-refractivity contribution in [3.05, 3.63) is 0 Å². The molecule has 0 aliphatic heterocycles.